The quantitative estimate of drug-likeness (QED) is 0.467. The van der Waals surface area contributed by atoms with Gasteiger partial charge in [0.05, 0.1) is 11.8 Å². The molecule has 1 saturated heterocycles. The van der Waals surface area contributed by atoms with Gasteiger partial charge in [-0.1, -0.05) is 18.2 Å². The van der Waals surface area contributed by atoms with Gasteiger partial charge in [0.15, 0.2) is 0 Å². The Morgan fingerprint density at radius 2 is 2.14 bits per heavy atom. The molecule has 2 aliphatic rings. The molecule has 1 heterocycles. The lowest BCUT2D eigenvalue weighted by molar-refractivity contribution is -0.126. The molecule has 0 spiro atoms. The molecule has 1 aliphatic carbocycles. The van der Waals surface area contributed by atoms with E-state index in [1.54, 1.807) is 6.08 Å². The molecule has 0 aromatic rings. The number of allylic oxidation sites excluding steroid dienone is 2. The van der Waals surface area contributed by atoms with Crippen molar-refractivity contribution in [2.24, 2.45) is 11.8 Å². The molecule has 0 bridgehead atoms. The average molecular weight is 193 g/mol. The van der Waals surface area contributed by atoms with E-state index in [0.717, 1.165) is 12.8 Å². The highest BCUT2D eigenvalue weighted by Gasteiger charge is 2.40. The van der Waals surface area contributed by atoms with Crippen LogP contribution < -0.4 is 5.32 Å². The van der Waals surface area contributed by atoms with Crippen LogP contribution in [0.3, 0.4) is 0 Å². The summed E-state index contributed by atoms with van der Waals surface area (Å²) in [6.45, 7) is 5.25. The molecule has 2 amide bonds. The van der Waals surface area contributed by atoms with Crippen LogP contribution in [0.2, 0.25) is 0 Å². The standard InChI is InChI=1S/C8H9NO2.C3H6/c10-7-5-3-1-2-4-6(5)8(11)9-7;1-3-2/h1,3,5-6H,2,4H2,(H,9,10,11);3H,1H2,2H3. The fourth-order valence-corrected chi connectivity index (χ4v) is 1.69. The summed E-state index contributed by atoms with van der Waals surface area (Å²) in [5.74, 6) is -0.468. The molecule has 2 unspecified atom stereocenters. The monoisotopic (exact) mass is 193 g/mol. The number of amides is 2. The number of carbonyl (C=O) groups is 2. The molecular formula is C11H15NO2. The summed E-state index contributed by atoms with van der Waals surface area (Å²) in [7, 11) is 0. The Morgan fingerprint density at radius 3 is 2.71 bits per heavy atom. The average Bonchev–Trinajstić information content (AvgIpc) is 2.45. The van der Waals surface area contributed by atoms with Crippen LogP contribution in [0.15, 0.2) is 24.8 Å². The summed E-state index contributed by atoms with van der Waals surface area (Å²) in [5.41, 5.74) is 0. The normalized spacial score (nSPS) is 28.6. The molecule has 14 heavy (non-hydrogen) atoms. The third-order valence-corrected chi connectivity index (χ3v) is 2.31. The first kappa shape index (κ1) is 10.7. The fourth-order valence-electron chi connectivity index (χ4n) is 1.69. The number of rotatable bonds is 0. The first-order valence-electron chi connectivity index (χ1n) is 4.79. The number of hydrogen-bond acceptors (Lipinski definition) is 2. The zero-order valence-corrected chi connectivity index (χ0v) is 8.32. The van der Waals surface area contributed by atoms with E-state index in [4.69, 9.17) is 0 Å². The Balaban J connectivity index is 0.000000293. The molecule has 1 aliphatic heterocycles. The fraction of sp³-hybridized carbons (Fsp3) is 0.455. The third-order valence-electron chi connectivity index (χ3n) is 2.31. The maximum atomic E-state index is 11.1. The summed E-state index contributed by atoms with van der Waals surface area (Å²) in [6.07, 6.45) is 7.30. The van der Waals surface area contributed by atoms with Gasteiger partial charge in [-0.2, -0.15) is 0 Å². The van der Waals surface area contributed by atoms with Gasteiger partial charge in [0.2, 0.25) is 11.8 Å². The van der Waals surface area contributed by atoms with Crippen LogP contribution in [-0.2, 0) is 9.59 Å². The summed E-state index contributed by atoms with van der Waals surface area (Å²) in [4.78, 5) is 22.1. The lowest BCUT2D eigenvalue weighted by atomic mass is 9.86. The van der Waals surface area contributed by atoms with Gasteiger partial charge in [-0.3, -0.25) is 14.9 Å². The third kappa shape index (κ3) is 2.10. The SMILES string of the molecule is C=CC.O=C1NC(=O)C2CCC=CC12. The molecule has 76 valence electrons. The van der Waals surface area contributed by atoms with E-state index in [0.29, 0.717) is 0 Å². The molecule has 0 aromatic carbocycles. The maximum absolute atomic E-state index is 11.1. The minimum Gasteiger partial charge on any atom is -0.296 e. The lowest BCUT2D eigenvalue weighted by Gasteiger charge is -2.14. The van der Waals surface area contributed by atoms with Gasteiger partial charge < -0.3 is 0 Å². The first-order chi connectivity index (χ1) is 6.70. The van der Waals surface area contributed by atoms with Crippen LogP contribution in [0.5, 0.6) is 0 Å². The highest BCUT2D eigenvalue weighted by Crippen LogP contribution is 2.28. The lowest BCUT2D eigenvalue weighted by Crippen LogP contribution is -2.21. The topological polar surface area (TPSA) is 46.2 Å². The van der Waals surface area contributed by atoms with E-state index in [1.165, 1.54) is 0 Å². The van der Waals surface area contributed by atoms with E-state index in [1.807, 2.05) is 19.1 Å². The highest BCUT2D eigenvalue weighted by atomic mass is 16.2. The van der Waals surface area contributed by atoms with Crippen LogP contribution in [0.4, 0.5) is 0 Å². The molecule has 2 atom stereocenters. The first-order valence-corrected chi connectivity index (χ1v) is 4.79. The molecule has 1 N–H and O–H groups in total. The maximum Gasteiger partial charge on any atom is 0.234 e. The van der Waals surface area contributed by atoms with Gasteiger partial charge in [0.1, 0.15) is 0 Å². The Hall–Kier alpha value is -1.38. The predicted octanol–water partition coefficient (Wildman–Crippen LogP) is 1.42. The van der Waals surface area contributed by atoms with E-state index < -0.39 is 0 Å². The van der Waals surface area contributed by atoms with Gasteiger partial charge in [-0.15, -0.1) is 6.58 Å². The molecule has 3 nitrogen and oxygen atoms in total. The predicted molar refractivity (Wildman–Crippen MR) is 54.4 cm³/mol. The van der Waals surface area contributed by atoms with Gasteiger partial charge in [0.25, 0.3) is 0 Å². The van der Waals surface area contributed by atoms with E-state index in [2.05, 4.69) is 11.9 Å². The van der Waals surface area contributed by atoms with Crippen LogP contribution in [0.1, 0.15) is 19.8 Å². The van der Waals surface area contributed by atoms with Crippen LogP contribution in [-0.4, -0.2) is 11.8 Å². The summed E-state index contributed by atoms with van der Waals surface area (Å²) < 4.78 is 0. The number of hydrogen-bond donors (Lipinski definition) is 1. The van der Waals surface area contributed by atoms with Crippen molar-refractivity contribution >= 4 is 11.8 Å². The van der Waals surface area contributed by atoms with Crippen molar-refractivity contribution in [2.45, 2.75) is 19.8 Å². The van der Waals surface area contributed by atoms with Crippen molar-refractivity contribution in [1.82, 2.24) is 5.32 Å². The summed E-state index contributed by atoms with van der Waals surface area (Å²) in [5, 5.41) is 2.33. The van der Waals surface area contributed by atoms with E-state index in [9.17, 15) is 9.59 Å². The van der Waals surface area contributed by atoms with Crippen molar-refractivity contribution < 1.29 is 9.59 Å². The molecule has 3 heteroatoms. The van der Waals surface area contributed by atoms with Crippen LogP contribution in [0, 0.1) is 11.8 Å². The van der Waals surface area contributed by atoms with Gasteiger partial charge in [-0.25, -0.2) is 0 Å². The molecule has 0 saturated carbocycles. The van der Waals surface area contributed by atoms with Gasteiger partial charge in [0, 0.05) is 0 Å². The van der Waals surface area contributed by atoms with Crippen LogP contribution >= 0.6 is 0 Å². The van der Waals surface area contributed by atoms with Crippen molar-refractivity contribution in [1.29, 1.82) is 0 Å². The van der Waals surface area contributed by atoms with E-state index in [-0.39, 0.29) is 23.7 Å². The summed E-state index contributed by atoms with van der Waals surface area (Å²) >= 11 is 0. The highest BCUT2D eigenvalue weighted by molar-refractivity contribution is 6.06. The largest absolute Gasteiger partial charge is 0.296 e. The Morgan fingerprint density at radius 1 is 1.50 bits per heavy atom. The minimum atomic E-state index is -0.170. The number of imide groups is 1. The van der Waals surface area contributed by atoms with Crippen molar-refractivity contribution in [2.75, 3.05) is 0 Å². The molecule has 1 fully saturated rings. The zero-order valence-electron chi connectivity index (χ0n) is 8.32. The number of carbonyl (C=O) groups excluding carboxylic acids is 2. The van der Waals surface area contributed by atoms with Crippen molar-refractivity contribution in [3.05, 3.63) is 24.8 Å². The molecule has 2 rings (SSSR count). The van der Waals surface area contributed by atoms with E-state index >= 15 is 0 Å². The molecular weight excluding hydrogens is 178 g/mol. The number of fused-ring (bicyclic) bond motifs is 1. The minimum absolute atomic E-state index is 0.0764. The zero-order chi connectivity index (χ0) is 10.6. The smallest absolute Gasteiger partial charge is 0.234 e. The Labute approximate surface area is 83.9 Å². The second kappa shape index (κ2) is 4.74. The Kier molecular flexibility index (Phi) is 3.63. The van der Waals surface area contributed by atoms with Crippen molar-refractivity contribution in [3.8, 4) is 0 Å². The van der Waals surface area contributed by atoms with Gasteiger partial charge in [-0.05, 0) is 19.8 Å². The molecule has 0 radical (unpaired) electrons. The summed E-state index contributed by atoms with van der Waals surface area (Å²) in [6, 6.07) is 0. The Bertz CT molecular complexity index is 281. The molecule has 0 aromatic heterocycles. The van der Waals surface area contributed by atoms with Crippen molar-refractivity contribution in [3.63, 3.8) is 0 Å². The van der Waals surface area contributed by atoms with Crippen LogP contribution in [0.25, 0.3) is 0 Å². The second-order valence-corrected chi connectivity index (χ2v) is 3.40. The number of nitrogens with one attached hydrogen (secondary N) is 1. The second-order valence-electron chi connectivity index (χ2n) is 3.40. The van der Waals surface area contributed by atoms with Gasteiger partial charge >= 0.3 is 0 Å².